The maximum Gasteiger partial charge on any atom is 0.0194 e. The lowest BCUT2D eigenvalue weighted by Crippen LogP contribution is -2.41. The summed E-state index contributed by atoms with van der Waals surface area (Å²) in [7, 11) is 0. The van der Waals surface area contributed by atoms with Crippen molar-refractivity contribution in [1.29, 1.82) is 0 Å². The van der Waals surface area contributed by atoms with E-state index < -0.39 is 0 Å². The van der Waals surface area contributed by atoms with E-state index in [1.165, 1.54) is 50.3 Å². The van der Waals surface area contributed by atoms with Gasteiger partial charge in [0.1, 0.15) is 0 Å². The number of rotatable bonds is 3. The summed E-state index contributed by atoms with van der Waals surface area (Å²) in [6.45, 7) is 3.54. The van der Waals surface area contributed by atoms with Crippen LogP contribution in [0.5, 0.6) is 0 Å². The second-order valence-corrected chi connectivity index (χ2v) is 5.72. The summed E-state index contributed by atoms with van der Waals surface area (Å²) in [5.41, 5.74) is 5.60. The predicted molar refractivity (Wildman–Crippen MR) is 63.7 cm³/mol. The first-order chi connectivity index (χ1) is 6.90. The van der Waals surface area contributed by atoms with Crippen molar-refractivity contribution in [2.75, 3.05) is 31.1 Å². The molecule has 0 aliphatic carbocycles. The third-order valence-electron chi connectivity index (χ3n) is 3.65. The maximum absolute atomic E-state index is 5.60. The van der Waals surface area contributed by atoms with E-state index in [2.05, 4.69) is 16.7 Å². The first-order valence-corrected chi connectivity index (χ1v) is 7.07. The number of hydrogen-bond donors (Lipinski definition) is 1. The van der Waals surface area contributed by atoms with Crippen LogP contribution in [0.15, 0.2) is 0 Å². The van der Waals surface area contributed by atoms with Gasteiger partial charge in [0.15, 0.2) is 0 Å². The molecule has 2 heterocycles. The topological polar surface area (TPSA) is 29.3 Å². The molecule has 2 aliphatic heterocycles. The van der Waals surface area contributed by atoms with Crippen molar-refractivity contribution in [3.05, 3.63) is 0 Å². The van der Waals surface area contributed by atoms with E-state index in [9.17, 15) is 0 Å². The van der Waals surface area contributed by atoms with Gasteiger partial charge in [0.2, 0.25) is 0 Å². The highest BCUT2D eigenvalue weighted by Gasteiger charge is 2.26. The molecule has 1 atom stereocenters. The first kappa shape index (κ1) is 10.8. The summed E-state index contributed by atoms with van der Waals surface area (Å²) < 4.78 is 0. The van der Waals surface area contributed by atoms with Gasteiger partial charge in [-0.1, -0.05) is 0 Å². The molecule has 0 radical (unpaired) electrons. The second kappa shape index (κ2) is 5.38. The number of likely N-dealkylation sites (tertiary alicyclic amines) is 1. The van der Waals surface area contributed by atoms with Crippen molar-refractivity contribution < 1.29 is 0 Å². The van der Waals surface area contributed by atoms with Gasteiger partial charge < -0.3 is 5.73 Å². The van der Waals surface area contributed by atoms with E-state index in [1.54, 1.807) is 0 Å². The molecule has 14 heavy (non-hydrogen) atoms. The minimum atomic E-state index is 0.879. The summed E-state index contributed by atoms with van der Waals surface area (Å²) in [6.07, 6.45) is 5.44. The Balaban J connectivity index is 1.72. The number of piperidine rings is 1. The predicted octanol–water partition coefficient (Wildman–Crippen LogP) is 1.55. The summed E-state index contributed by atoms with van der Waals surface area (Å²) in [5.74, 6) is 3.68. The van der Waals surface area contributed by atoms with Crippen molar-refractivity contribution in [3.63, 3.8) is 0 Å². The maximum atomic E-state index is 5.60. The molecule has 3 heteroatoms. The minimum absolute atomic E-state index is 0.879. The lowest BCUT2D eigenvalue weighted by Gasteiger charge is -2.35. The van der Waals surface area contributed by atoms with E-state index in [4.69, 9.17) is 5.73 Å². The van der Waals surface area contributed by atoms with E-state index in [1.807, 2.05) is 0 Å². The monoisotopic (exact) mass is 214 g/mol. The Hall–Kier alpha value is 0.270. The fourth-order valence-corrected chi connectivity index (χ4v) is 3.91. The molecule has 2 saturated heterocycles. The number of hydrogen-bond acceptors (Lipinski definition) is 3. The Morgan fingerprint density at radius 2 is 2.00 bits per heavy atom. The standard InChI is InChI=1S/C11H22N2S/c12-5-1-10-2-6-13(7-3-10)11-4-8-14-9-11/h10-11H,1-9,12H2. The second-order valence-electron chi connectivity index (χ2n) is 4.57. The minimum Gasteiger partial charge on any atom is -0.330 e. The smallest absolute Gasteiger partial charge is 0.0194 e. The van der Waals surface area contributed by atoms with Crippen LogP contribution in [0.4, 0.5) is 0 Å². The van der Waals surface area contributed by atoms with Gasteiger partial charge >= 0.3 is 0 Å². The van der Waals surface area contributed by atoms with Crippen molar-refractivity contribution in [2.45, 2.75) is 31.7 Å². The SMILES string of the molecule is NCCC1CCN(C2CCSC2)CC1. The summed E-state index contributed by atoms with van der Waals surface area (Å²) in [6, 6.07) is 0.902. The molecule has 82 valence electrons. The first-order valence-electron chi connectivity index (χ1n) is 5.92. The van der Waals surface area contributed by atoms with Gasteiger partial charge in [-0.15, -0.1) is 0 Å². The van der Waals surface area contributed by atoms with Gasteiger partial charge in [-0.2, -0.15) is 11.8 Å². The zero-order chi connectivity index (χ0) is 9.80. The van der Waals surface area contributed by atoms with Gasteiger partial charge in [-0.05, 0) is 57.0 Å². The summed E-state index contributed by atoms with van der Waals surface area (Å²) >= 11 is 2.13. The van der Waals surface area contributed by atoms with Crippen LogP contribution in [0.25, 0.3) is 0 Å². The Morgan fingerprint density at radius 1 is 1.21 bits per heavy atom. The Labute approximate surface area is 91.6 Å². The van der Waals surface area contributed by atoms with Crippen LogP contribution in [0.2, 0.25) is 0 Å². The lowest BCUT2D eigenvalue weighted by atomic mass is 9.93. The van der Waals surface area contributed by atoms with Gasteiger partial charge in [0.05, 0.1) is 0 Å². The Bertz CT molecular complexity index is 161. The van der Waals surface area contributed by atoms with Crippen LogP contribution < -0.4 is 5.73 Å². The van der Waals surface area contributed by atoms with Crippen LogP contribution in [-0.2, 0) is 0 Å². The highest BCUT2D eigenvalue weighted by molar-refractivity contribution is 7.99. The molecule has 0 aromatic heterocycles. The van der Waals surface area contributed by atoms with Crippen molar-refractivity contribution >= 4 is 11.8 Å². The average molecular weight is 214 g/mol. The number of nitrogens with zero attached hydrogens (tertiary/aromatic N) is 1. The highest BCUT2D eigenvalue weighted by Crippen LogP contribution is 2.27. The molecular formula is C11H22N2S. The average Bonchev–Trinajstić information content (AvgIpc) is 2.72. The van der Waals surface area contributed by atoms with Crippen molar-refractivity contribution in [1.82, 2.24) is 4.90 Å². The third kappa shape index (κ3) is 2.65. The molecule has 0 bridgehead atoms. The molecule has 0 amide bonds. The number of thioether (sulfide) groups is 1. The molecule has 2 aliphatic rings. The van der Waals surface area contributed by atoms with E-state index in [0.717, 1.165) is 18.5 Å². The van der Waals surface area contributed by atoms with Crippen LogP contribution in [-0.4, -0.2) is 42.1 Å². The highest BCUT2D eigenvalue weighted by atomic mass is 32.2. The van der Waals surface area contributed by atoms with Crippen LogP contribution in [0.1, 0.15) is 25.7 Å². The normalized spacial score (nSPS) is 31.1. The molecule has 2 N–H and O–H groups in total. The molecular weight excluding hydrogens is 192 g/mol. The van der Waals surface area contributed by atoms with Crippen LogP contribution in [0.3, 0.4) is 0 Å². The van der Waals surface area contributed by atoms with E-state index >= 15 is 0 Å². The molecule has 1 unspecified atom stereocenters. The molecule has 0 aromatic rings. The van der Waals surface area contributed by atoms with Crippen molar-refractivity contribution in [2.24, 2.45) is 11.7 Å². The Kier molecular flexibility index (Phi) is 4.14. The van der Waals surface area contributed by atoms with Gasteiger partial charge in [-0.3, -0.25) is 4.90 Å². The molecule has 2 rings (SSSR count). The number of nitrogens with two attached hydrogens (primary N) is 1. The Morgan fingerprint density at radius 3 is 2.57 bits per heavy atom. The van der Waals surface area contributed by atoms with Gasteiger partial charge in [0.25, 0.3) is 0 Å². The van der Waals surface area contributed by atoms with Crippen molar-refractivity contribution in [3.8, 4) is 0 Å². The molecule has 2 fully saturated rings. The van der Waals surface area contributed by atoms with E-state index in [-0.39, 0.29) is 0 Å². The third-order valence-corrected chi connectivity index (χ3v) is 4.79. The molecule has 0 saturated carbocycles. The zero-order valence-corrected chi connectivity index (χ0v) is 9.77. The fraction of sp³-hybridized carbons (Fsp3) is 1.00. The largest absolute Gasteiger partial charge is 0.330 e. The lowest BCUT2D eigenvalue weighted by molar-refractivity contribution is 0.141. The van der Waals surface area contributed by atoms with Crippen LogP contribution >= 0.6 is 11.8 Å². The van der Waals surface area contributed by atoms with E-state index in [0.29, 0.717) is 0 Å². The zero-order valence-electron chi connectivity index (χ0n) is 8.95. The molecule has 0 aromatic carbocycles. The summed E-state index contributed by atoms with van der Waals surface area (Å²) in [4.78, 5) is 2.72. The quantitative estimate of drug-likeness (QED) is 0.773. The molecule has 2 nitrogen and oxygen atoms in total. The van der Waals surface area contributed by atoms with Gasteiger partial charge in [0, 0.05) is 11.8 Å². The van der Waals surface area contributed by atoms with Crippen LogP contribution in [0, 0.1) is 5.92 Å². The molecule has 0 spiro atoms. The van der Waals surface area contributed by atoms with Gasteiger partial charge in [-0.25, -0.2) is 0 Å². The summed E-state index contributed by atoms with van der Waals surface area (Å²) in [5, 5.41) is 0. The fourth-order valence-electron chi connectivity index (χ4n) is 2.65.